The highest BCUT2D eigenvalue weighted by molar-refractivity contribution is 9.11. The number of carbonyl (C=O) groups is 1. The van der Waals surface area contributed by atoms with Crippen LogP contribution in [0.1, 0.15) is 19.9 Å². The number of rotatable bonds is 4. The molecule has 0 amide bonds. The summed E-state index contributed by atoms with van der Waals surface area (Å²) in [5, 5.41) is -1.34. The Morgan fingerprint density at radius 3 is 2.39 bits per heavy atom. The third-order valence-electron chi connectivity index (χ3n) is 2.19. The second-order valence-electron chi connectivity index (χ2n) is 3.41. The Kier molecular flexibility index (Phi) is 5.14. The lowest BCUT2D eigenvalue weighted by molar-refractivity contribution is 0.0989. The Balaban J connectivity index is 2.16. The van der Waals surface area contributed by atoms with Crippen molar-refractivity contribution in [3.8, 4) is 0 Å². The smallest absolute Gasteiger partial charge is 0.192 e. The summed E-state index contributed by atoms with van der Waals surface area (Å²) in [5.74, 6) is -0.196. The molecule has 0 aliphatic heterocycles. The predicted molar refractivity (Wildman–Crippen MR) is 83.9 cm³/mol. The Hall–Kier alpha value is 0.420. The molecule has 0 spiro atoms. The number of carbonyl (C=O) groups excluding carboxylic acids is 1. The summed E-state index contributed by atoms with van der Waals surface area (Å²) in [4.78, 5) is 13.5. The average Bonchev–Trinajstić information content (AvgIpc) is 2.95. The van der Waals surface area contributed by atoms with E-state index in [9.17, 15) is 4.79 Å². The van der Waals surface area contributed by atoms with Crippen LogP contribution in [-0.2, 0) is 0 Å². The quantitative estimate of drug-likeness (QED) is 0.451. The van der Waals surface area contributed by atoms with Crippen LogP contribution in [0.4, 0.5) is 0 Å². The molecule has 7 heteroatoms. The first-order valence-electron chi connectivity index (χ1n) is 4.82. The molecule has 0 N–H and O–H groups in total. The Bertz CT molecular complexity index is 566. The molecule has 0 unspecified atom stereocenters. The van der Waals surface area contributed by atoms with Gasteiger partial charge in [0.25, 0.3) is 0 Å². The van der Waals surface area contributed by atoms with Crippen LogP contribution in [0.25, 0.3) is 0 Å². The second-order valence-corrected chi connectivity index (χ2v) is 8.56. The fourth-order valence-corrected chi connectivity index (χ4v) is 4.51. The van der Waals surface area contributed by atoms with Crippen molar-refractivity contribution in [3.05, 3.63) is 42.1 Å². The number of thiophene rings is 2. The van der Waals surface area contributed by atoms with E-state index in [0.717, 1.165) is 8.66 Å². The number of alkyl halides is 2. The molecule has 0 aliphatic rings. The van der Waals surface area contributed by atoms with Crippen LogP contribution in [-0.4, -0.2) is 11.2 Å². The number of ketones is 1. The van der Waals surface area contributed by atoms with E-state index in [2.05, 4.69) is 15.9 Å². The summed E-state index contributed by atoms with van der Waals surface area (Å²) in [6, 6.07) is 7.08. The number of hydrogen-bond acceptors (Lipinski definition) is 3. The summed E-state index contributed by atoms with van der Waals surface area (Å²) in [6.07, 6.45) is 0. The van der Waals surface area contributed by atoms with E-state index in [1.807, 2.05) is 12.1 Å². The van der Waals surface area contributed by atoms with Crippen LogP contribution < -0.4 is 0 Å². The minimum atomic E-state index is -0.799. The first-order chi connectivity index (χ1) is 8.49. The van der Waals surface area contributed by atoms with Crippen molar-refractivity contribution < 1.29 is 4.79 Å². The molecule has 0 aromatic carbocycles. The van der Waals surface area contributed by atoms with Gasteiger partial charge in [-0.15, -0.1) is 45.9 Å². The monoisotopic (exact) mass is 402 g/mol. The van der Waals surface area contributed by atoms with E-state index in [1.54, 1.807) is 12.1 Å². The number of halogens is 4. The zero-order valence-corrected chi connectivity index (χ0v) is 14.2. The fourth-order valence-electron chi connectivity index (χ4n) is 1.34. The third-order valence-corrected chi connectivity index (χ3v) is 6.34. The molecule has 0 saturated carbocycles. The van der Waals surface area contributed by atoms with Crippen LogP contribution in [0.5, 0.6) is 0 Å². The average molecular weight is 405 g/mol. The summed E-state index contributed by atoms with van der Waals surface area (Å²) in [7, 11) is 0. The summed E-state index contributed by atoms with van der Waals surface area (Å²) in [6.45, 7) is 0. The lowest BCUT2D eigenvalue weighted by Gasteiger charge is -2.12. The molecule has 2 heterocycles. The van der Waals surface area contributed by atoms with Crippen molar-refractivity contribution in [2.24, 2.45) is 0 Å². The van der Waals surface area contributed by atoms with E-state index in [1.165, 1.54) is 22.7 Å². The zero-order chi connectivity index (χ0) is 13.3. The highest BCUT2D eigenvalue weighted by Gasteiger charge is 2.28. The van der Waals surface area contributed by atoms with Gasteiger partial charge in [-0.05, 0) is 40.2 Å². The highest BCUT2D eigenvalue weighted by Crippen LogP contribution is 2.37. The van der Waals surface area contributed by atoms with Crippen LogP contribution in [0.2, 0.25) is 4.34 Å². The Labute approximate surface area is 136 Å². The van der Waals surface area contributed by atoms with Crippen molar-refractivity contribution in [1.29, 1.82) is 0 Å². The van der Waals surface area contributed by atoms with Gasteiger partial charge >= 0.3 is 0 Å². The molecule has 0 aliphatic carbocycles. The Morgan fingerprint density at radius 1 is 1.17 bits per heavy atom. The van der Waals surface area contributed by atoms with Gasteiger partial charge in [0.2, 0.25) is 0 Å². The van der Waals surface area contributed by atoms with Crippen molar-refractivity contribution in [2.75, 3.05) is 0 Å². The maximum atomic E-state index is 12.1. The van der Waals surface area contributed by atoms with E-state index < -0.39 is 10.8 Å². The van der Waals surface area contributed by atoms with Gasteiger partial charge < -0.3 is 0 Å². The summed E-state index contributed by atoms with van der Waals surface area (Å²) < 4.78 is 1.52. The zero-order valence-electron chi connectivity index (χ0n) is 8.70. The standard InChI is InChI=1S/C11H6BrCl3OS2/c12-7-3-1-5(17-7)9(14)10(15)11(16)6-2-4-8(13)18-6/h1-4,9-10H/t9-,10+/m0/s1. The molecule has 0 fully saturated rings. The van der Waals surface area contributed by atoms with Gasteiger partial charge in [0.15, 0.2) is 5.78 Å². The molecule has 0 bridgehead atoms. The van der Waals surface area contributed by atoms with Gasteiger partial charge in [0.1, 0.15) is 5.38 Å². The van der Waals surface area contributed by atoms with Crippen LogP contribution in [0.3, 0.4) is 0 Å². The van der Waals surface area contributed by atoms with Crippen LogP contribution >= 0.6 is 73.4 Å². The number of Topliss-reactive ketones (excluding diaryl/α,β-unsaturated/α-hetero) is 1. The van der Waals surface area contributed by atoms with Gasteiger partial charge in [-0.25, -0.2) is 0 Å². The SMILES string of the molecule is O=C(c1ccc(Cl)s1)[C@H](Cl)[C@@H](Cl)c1ccc(Br)s1. The molecule has 2 atom stereocenters. The molecule has 2 aromatic heterocycles. The highest BCUT2D eigenvalue weighted by atomic mass is 79.9. The topological polar surface area (TPSA) is 17.1 Å². The normalized spacial score (nSPS) is 14.4. The molecule has 18 heavy (non-hydrogen) atoms. The Morgan fingerprint density at radius 2 is 1.89 bits per heavy atom. The molecular weight excluding hydrogens is 399 g/mol. The molecule has 0 radical (unpaired) electrons. The van der Waals surface area contributed by atoms with Crippen molar-refractivity contribution in [2.45, 2.75) is 10.8 Å². The largest absolute Gasteiger partial charge is 0.292 e. The lowest BCUT2D eigenvalue weighted by Crippen LogP contribution is -2.18. The minimum Gasteiger partial charge on any atom is -0.292 e. The van der Waals surface area contributed by atoms with Crippen LogP contribution in [0.15, 0.2) is 28.1 Å². The van der Waals surface area contributed by atoms with Crippen LogP contribution in [0, 0.1) is 0 Å². The molecule has 2 aromatic rings. The fraction of sp³-hybridized carbons (Fsp3) is 0.182. The molecule has 96 valence electrons. The molecule has 1 nitrogen and oxygen atoms in total. The van der Waals surface area contributed by atoms with E-state index >= 15 is 0 Å². The van der Waals surface area contributed by atoms with Gasteiger partial charge in [0, 0.05) is 4.88 Å². The number of hydrogen-bond donors (Lipinski definition) is 0. The first-order valence-corrected chi connectivity index (χ1v) is 8.49. The van der Waals surface area contributed by atoms with E-state index in [4.69, 9.17) is 34.8 Å². The summed E-state index contributed by atoms with van der Waals surface area (Å²) in [5.41, 5.74) is 0. The lowest BCUT2D eigenvalue weighted by atomic mass is 10.1. The van der Waals surface area contributed by atoms with Gasteiger partial charge in [0.05, 0.1) is 18.4 Å². The maximum Gasteiger partial charge on any atom is 0.192 e. The van der Waals surface area contributed by atoms with Gasteiger partial charge in [-0.1, -0.05) is 11.6 Å². The first kappa shape index (κ1) is 14.8. The van der Waals surface area contributed by atoms with Crippen molar-refractivity contribution in [3.63, 3.8) is 0 Å². The minimum absolute atomic E-state index is 0.196. The maximum absolute atomic E-state index is 12.1. The summed E-state index contributed by atoms with van der Waals surface area (Å²) >= 11 is 24.2. The predicted octanol–water partition coefficient (Wildman–Crippen LogP) is 6.00. The molecule has 0 saturated heterocycles. The molecular formula is C11H6BrCl3OS2. The third kappa shape index (κ3) is 3.30. The van der Waals surface area contributed by atoms with Gasteiger partial charge in [-0.2, -0.15) is 0 Å². The van der Waals surface area contributed by atoms with E-state index in [0.29, 0.717) is 9.21 Å². The van der Waals surface area contributed by atoms with E-state index in [-0.39, 0.29) is 5.78 Å². The molecule has 2 rings (SSSR count). The van der Waals surface area contributed by atoms with Crippen molar-refractivity contribution in [1.82, 2.24) is 0 Å². The second kappa shape index (κ2) is 6.25. The van der Waals surface area contributed by atoms with Crippen molar-refractivity contribution >= 4 is 79.2 Å². The van der Waals surface area contributed by atoms with Gasteiger partial charge in [-0.3, -0.25) is 4.79 Å².